The van der Waals surface area contributed by atoms with Gasteiger partial charge in [-0.05, 0) is 20.8 Å². The van der Waals surface area contributed by atoms with Gasteiger partial charge in [-0.15, -0.1) is 0 Å². The average Bonchev–Trinajstić information content (AvgIpc) is 2.28. The molecule has 0 radical (unpaired) electrons. The summed E-state index contributed by atoms with van der Waals surface area (Å²) in [6.45, 7) is 5.52. The highest BCUT2D eigenvalue weighted by Crippen LogP contribution is 2.22. The van der Waals surface area contributed by atoms with Crippen molar-refractivity contribution in [2.24, 2.45) is 5.73 Å². The van der Waals surface area contributed by atoms with E-state index in [1.54, 1.807) is 20.8 Å². The van der Waals surface area contributed by atoms with Crippen LogP contribution in [0.5, 0.6) is 0 Å². The summed E-state index contributed by atoms with van der Waals surface area (Å²) < 4.78 is 10.5. The third-order valence-electron chi connectivity index (χ3n) is 1.77. The Kier molecular flexibility index (Phi) is 2.51. The first-order valence-electron chi connectivity index (χ1n) is 4.03. The zero-order valence-corrected chi connectivity index (χ0v) is 7.66. The van der Waals surface area contributed by atoms with Crippen LogP contribution in [0.4, 0.5) is 0 Å². The topological polar surface area (TPSA) is 61.6 Å². The van der Waals surface area contributed by atoms with Gasteiger partial charge in [0.05, 0.1) is 12.6 Å². The highest BCUT2D eigenvalue weighted by Gasteiger charge is 2.37. The Morgan fingerprint density at radius 1 is 1.67 bits per heavy atom. The fraction of sp³-hybridized carbons (Fsp3) is 0.875. The third-order valence-corrected chi connectivity index (χ3v) is 1.77. The number of carbonyl (C=O) groups excluding carboxylic acids is 1. The van der Waals surface area contributed by atoms with E-state index >= 15 is 0 Å². The molecule has 0 saturated carbocycles. The molecule has 0 aliphatic carbocycles. The first kappa shape index (κ1) is 9.64. The summed E-state index contributed by atoms with van der Waals surface area (Å²) in [7, 11) is 0. The Hall–Kier alpha value is -0.450. The lowest BCUT2D eigenvalue weighted by molar-refractivity contribution is -0.152. The van der Waals surface area contributed by atoms with Crippen LogP contribution in [0.15, 0.2) is 0 Å². The SMILES string of the molecule is CC(N)C(=O)C1COC(C)(C)O1. The lowest BCUT2D eigenvalue weighted by Crippen LogP contribution is -2.38. The van der Waals surface area contributed by atoms with Crippen molar-refractivity contribution in [1.82, 2.24) is 0 Å². The molecule has 12 heavy (non-hydrogen) atoms. The van der Waals surface area contributed by atoms with E-state index in [0.717, 1.165) is 0 Å². The van der Waals surface area contributed by atoms with Gasteiger partial charge in [0.25, 0.3) is 0 Å². The molecule has 0 aromatic rings. The molecule has 2 atom stereocenters. The normalized spacial score (nSPS) is 30.2. The molecule has 1 aliphatic rings. The van der Waals surface area contributed by atoms with E-state index < -0.39 is 17.9 Å². The van der Waals surface area contributed by atoms with Gasteiger partial charge in [0.1, 0.15) is 6.10 Å². The van der Waals surface area contributed by atoms with Crippen LogP contribution in [-0.4, -0.2) is 30.3 Å². The summed E-state index contributed by atoms with van der Waals surface area (Å²) >= 11 is 0. The predicted octanol–water partition coefficient (Wildman–Crippen LogP) is 0.0542. The zero-order valence-electron chi connectivity index (χ0n) is 7.66. The number of hydrogen-bond acceptors (Lipinski definition) is 4. The van der Waals surface area contributed by atoms with Crippen molar-refractivity contribution in [2.75, 3.05) is 6.61 Å². The molecule has 1 saturated heterocycles. The van der Waals surface area contributed by atoms with Gasteiger partial charge in [-0.3, -0.25) is 4.79 Å². The predicted molar refractivity (Wildman–Crippen MR) is 43.6 cm³/mol. The van der Waals surface area contributed by atoms with E-state index in [2.05, 4.69) is 0 Å². The molecule has 0 bridgehead atoms. The van der Waals surface area contributed by atoms with Gasteiger partial charge in [-0.1, -0.05) is 0 Å². The molecule has 1 fully saturated rings. The number of carbonyl (C=O) groups is 1. The van der Waals surface area contributed by atoms with Crippen LogP contribution in [0.1, 0.15) is 20.8 Å². The number of ether oxygens (including phenoxy) is 2. The maximum absolute atomic E-state index is 11.3. The molecule has 1 heterocycles. The van der Waals surface area contributed by atoms with Crippen LogP contribution in [0.2, 0.25) is 0 Å². The molecular formula is C8H15NO3. The maximum atomic E-state index is 11.3. The smallest absolute Gasteiger partial charge is 0.180 e. The van der Waals surface area contributed by atoms with Crippen molar-refractivity contribution in [3.8, 4) is 0 Å². The van der Waals surface area contributed by atoms with Crippen molar-refractivity contribution in [2.45, 2.75) is 38.7 Å². The molecule has 0 aromatic heterocycles. The lowest BCUT2D eigenvalue weighted by Gasteiger charge is -2.17. The molecule has 1 aliphatic heterocycles. The van der Waals surface area contributed by atoms with Crippen LogP contribution in [0.25, 0.3) is 0 Å². The number of ketones is 1. The van der Waals surface area contributed by atoms with E-state index in [1.807, 2.05) is 0 Å². The van der Waals surface area contributed by atoms with E-state index in [4.69, 9.17) is 15.2 Å². The highest BCUT2D eigenvalue weighted by molar-refractivity contribution is 5.88. The van der Waals surface area contributed by atoms with E-state index in [1.165, 1.54) is 0 Å². The summed E-state index contributed by atoms with van der Waals surface area (Å²) in [6.07, 6.45) is -0.486. The van der Waals surface area contributed by atoms with Crippen molar-refractivity contribution < 1.29 is 14.3 Å². The maximum Gasteiger partial charge on any atom is 0.180 e. The number of nitrogens with two attached hydrogens (primary N) is 1. The molecule has 0 amide bonds. The van der Waals surface area contributed by atoms with E-state index in [9.17, 15) is 4.79 Å². The largest absolute Gasteiger partial charge is 0.347 e. The van der Waals surface area contributed by atoms with Crippen molar-refractivity contribution in [3.63, 3.8) is 0 Å². The zero-order chi connectivity index (χ0) is 9.35. The fourth-order valence-electron chi connectivity index (χ4n) is 1.12. The number of rotatable bonds is 2. The van der Waals surface area contributed by atoms with Gasteiger partial charge in [0.2, 0.25) is 0 Å². The molecule has 0 spiro atoms. The van der Waals surface area contributed by atoms with Gasteiger partial charge in [-0.25, -0.2) is 0 Å². The first-order valence-corrected chi connectivity index (χ1v) is 4.03. The summed E-state index contributed by atoms with van der Waals surface area (Å²) in [5, 5.41) is 0. The summed E-state index contributed by atoms with van der Waals surface area (Å²) in [4.78, 5) is 11.3. The Labute approximate surface area is 72.0 Å². The summed E-state index contributed by atoms with van der Waals surface area (Å²) in [5.41, 5.74) is 5.42. The second kappa shape index (κ2) is 3.12. The Morgan fingerprint density at radius 3 is 2.58 bits per heavy atom. The minimum absolute atomic E-state index is 0.0967. The van der Waals surface area contributed by atoms with E-state index in [-0.39, 0.29) is 5.78 Å². The standard InChI is InChI=1S/C8H15NO3/c1-5(9)7(10)6-4-11-8(2,3)12-6/h5-6H,4,9H2,1-3H3. The minimum Gasteiger partial charge on any atom is -0.347 e. The molecule has 4 nitrogen and oxygen atoms in total. The number of hydrogen-bond donors (Lipinski definition) is 1. The first-order chi connectivity index (χ1) is 5.42. The Morgan fingerprint density at radius 2 is 2.25 bits per heavy atom. The molecule has 0 aromatic carbocycles. The second-order valence-corrected chi connectivity index (χ2v) is 3.51. The van der Waals surface area contributed by atoms with Gasteiger partial charge in [0.15, 0.2) is 11.6 Å². The van der Waals surface area contributed by atoms with Crippen LogP contribution in [-0.2, 0) is 14.3 Å². The third kappa shape index (κ3) is 2.03. The summed E-state index contributed by atoms with van der Waals surface area (Å²) in [6, 6.07) is -0.479. The van der Waals surface area contributed by atoms with Crippen molar-refractivity contribution >= 4 is 5.78 Å². The van der Waals surface area contributed by atoms with Crippen LogP contribution < -0.4 is 5.73 Å². The van der Waals surface area contributed by atoms with Crippen LogP contribution in [0, 0.1) is 0 Å². The van der Waals surface area contributed by atoms with Gasteiger partial charge >= 0.3 is 0 Å². The fourth-order valence-corrected chi connectivity index (χ4v) is 1.12. The van der Waals surface area contributed by atoms with Gasteiger partial charge in [0, 0.05) is 0 Å². The van der Waals surface area contributed by atoms with Crippen molar-refractivity contribution in [3.05, 3.63) is 0 Å². The lowest BCUT2D eigenvalue weighted by atomic mass is 10.1. The molecule has 2 N–H and O–H groups in total. The summed E-state index contributed by atoms with van der Waals surface area (Å²) in [5.74, 6) is -0.740. The monoisotopic (exact) mass is 173 g/mol. The van der Waals surface area contributed by atoms with E-state index in [0.29, 0.717) is 6.61 Å². The Bertz CT molecular complexity index is 189. The molecule has 2 unspecified atom stereocenters. The van der Waals surface area contributed by atoms with Gasteiger partial charge in [-0.2, -0.15) is 0 Å². The molecule has 1 rings (SSSR count). The van der Waals surface area contributed by atoms with Crippen LogP contribution >= 0.6 is 0 Å². The van der Waals surface area contributed by atoms with Gasteiger partial charge < -0.3 is 15.2 Å². The number of Topliss-reactive ketones (excluding diaryl/α,β-unsaturated/α-hetero) is 1. The quantitative estimate of drug-likeness (QED) is 0.641. The molecule has 70 valence electrons. The average molecular weight is 173 g/mol. The Balaban J connectivity index is 2.53. The van der Waals surface area contributed by atoms with Crippen LogP contribution in [0.3, 0.4) is 0 Å². The van der Waals surface area contributed by atoms with Crippen molar-refractivity contribution in [1.29, 1.82) is 0 Å². The highest BCUT2D eigenvalue weighted by atomic mass is 16.7. The minimum atomic E-state index is -0.644. The molecule has 4 heteroatoms. The molecular weight excluding hydrogens is 158 g/mol. The second-order valence-electron chi connectivity index (χ2n) is 3.51.